The van der Waals surface area contributed by atoms with Crippen LogP contribution in [0.4, 0.5) is 0 Å². The van der Waals surface area contributed by atoms with Gasteiger partial charge in [-0.1, -0.05) is 24.6 Å². The summed E-state index contributed by atoms with van der Waals surface area (Å²) >= 11 is 5.86. The Kier molecular flexibility index (Phi) is 4.69. The minimum absolute atomic E-state index is 0.176. The van der Waals surface area contributed by atoms with Gasteiger partial charge in [-0.05, 0) is 37.1 Å². The van der Waals surface area contributed by atoms with Crippen LogP contribution in [-0.2, 0) is 13.0 Å². The van der Waals surface area contributed by atoms with Gasteiger partial charge < -0.3 is 5.32 Å². The number of hydrogen-bond acceptors (Lipinski definition) is 3. The lowest BCUT2D eigenvalue weighted by Gasteiger charge is -2.09. The number of halogens is 1. The monoisotopic (exact) mass is 289 g/mol. The van der Waals surface area contributed by atoms with Gasteiger partial charge >= 0.3 is 0 Å². The molecule has 0 spiro atoms. The van der Waals surface area contributed by atoms with Gasteiger partial charge in [0.2, 0.25) is 0 Å². The van der Waals surface area contributed by atoms with E-state index in [0.717, 1.165) is 23.4 Å². The topological polar surface area (TPSA) is 54.9 Å². The summed E-state index contributed by atoms with van der Waals surface area (Å²) in [6.45, 7) is 4.27. The molecule has 2 heterocycles. The Morgan fingerprint density at radius 3 is 2.90 bits per heavy atom. The molecule has 0 fully saturated rings. The van der Waals surface area contributed by atoms with E-state index in [1.54, 1.807) is 25.3 Å². The molecule has 2 rings (SSSR count). The summed E-state index contributed by atoms with van der Waals surface area (Å²) in [7, 11) is 0. The third-order valence-corrected chi connectivity index (χ3v) is 3.16. The smallest absolute Gasteiger partial charge is 0.251 e. The third-order valence-electron chi connectivity index (χ3n) is 2.97. The van der Waals surface area contributed by atoms with Crippen molar-refractivity contribution in [3.05, 3.63) is 58.1 Å². The van der Waals surface area contributed by atoms with E-state index in [0.29, 0.717) is 17.3 Å². The van der Waals surface area contributed by atoms with E-state index >= 15 is 0 Å². The van der Waals surface area contributed by atoms with Crippen LogP contribution in [0.2, 0.25) is 5.15 Å². The predicted octanol–water partition coefficient (Wildman–Crippen LogP) is 2.93. The van der Waals surface area contributed by atoms with E-state index < -0.39 is 0 Å². The van der Waals surface area contributed by atoms with Crippen LogP contribution in [0.1, 0.15) is 34.2 Å². The van der Waals surface area contributed by atoms with Gasteiger partial charge in [-0.3, -0.25) is 9.78 Å². The maximum absolute atomic E-state index is 12.1. The van der Waals surface area contributed by atoms with E-state index in [1.165, 1.54) is 0 Å². The lowest BCUT2D eigenvalue weighted by Crippen LogP contribution is -2.24. The molecule has 0 saturated carbocycles. The molecule has 1 amide bonds. The first-order chi connectivity index (χ1) is 9.60. The van der Waals surface area contributed by atoms with Gasteiger partial charge in [-0.25, -0.2) is 4.98 Å². The fraction of sp³-hybridized carbons (Fsp3) is 0.267. The number of nitrogens with zero attached hydrogens (tertiary/aromatic N) is 2. The molecular weight excluding hydrogens is 274 g/mol. The molecule has 1 N–H and O–H groups in total. The Bertz CT molecular complexity index is 608. The lowest BCUT2D eigenvalue weighted by molar-refractivity contribution is 0.0950. The van der Waals surface area contributed by atoms with Crippen molar-refractivity contribution < 1.29 is 4.79 Å². The van der Waals surface area contributed by atoms with Crippen molar-refractivity contribution >= 4 is 17.5 Å². The van der Waals surface area contributed by atoms with E-state index in [9.17, 15) is 4.79 Å². The average Bonchev–Trinajstić information content (AvgIpc) is 2.44. The van der Waals surface area contributed by atoms with Gasteiger partial charge in [0.05, 0.1) is 12.2 Å². The third kappa shape index (κ3) is 3.54. The van der Waals surface area contributed by atoms with Crippen molar-refractivity contribution in [2.24, 2.45) is 0 Å². The molecule has 0 aliphatic rings. The number of aryl methyl sites for hydroxylation is 2. The van der Waals surface area contributed by atoms with E-state index in [1.807, 2.05) is 12.1 Å². The van der Waals surface area contributed by atoms with Crippen molar-refractivity contribution in [2.75, 3.05) is 0 Å². The Morgan fingerprint density at radius 2 is 2.20 bits per heavy atom. The second-order valence-corrected chi connectivity index (χ2v) is 4.85. The number of pyridine rings is 2. The SMILES string of the molecule is CCc1cccnc1CNC(=O)c1cc(C)nc(Cl)c1. The van der Waals surface area contributed by atoms with E-state index in [2.05, 4.69) is 22.2 Å². The van der Waals surface area contributed by atoms with Crippen molar-refractivity contribution in [3.63, 3.8) is 0 Å². The molecule has 104 valence electrons. The Morgan fingerprint density at radius 1 is 1.40 bits per heavy atom. The lowest BCUT2D eigenvalue weighted by atomic mass is 10.1. The zero-order valence-electron chi connectivity index (χ0n) is 11.5. The molecule has 4 nitrogen and oxygen atoms in total. The second kappa shape index (κ2) is 6.48. The van der Waals surface area contributed by atoms with Gasteiger partial charge in [-0.2, -0.15) is 0 Å². The zero-order valence-corrected chi connectivity index (χ0v) is 12.2. The molecular formula is C15H16ClN3O. The summed E-state index contributed by atoms with van der Waals surface area (Å²) < 4.78 is 0. The van der Waals surface area contributed by atoms with Crippen LogP contribution < -0.4 is 5.32 Å². The highest BCUT2D eigenvalue weighted by Crippen LogP contribution is 2.11. The maximum Gasteiger partial charge on any atom is 0.251 e. The van der Waals surface area contributed by atoms with Crippen molar-refractivity contribution in [1.82, 2.24) is 15.3 Å². The highest BCUT2D eigenvalue weighted by molar-refractivity contribution is 6.29. The Labute approximate surface area is 123 Å². The summed E-state index contributed by atoms with van der Waals surface area (Å²) in [6, 6.07) is 7.18. The molecule has 0 aromatic carbocycles. The molecule has 0 aliphatic carbocycles. The van der Waals surface area contributed by atoms with Gasteiger partial charge in [-0.15, -0.1) is 0 Å². The summed E-state index contributed by atoms with van der Waals surface area (Å²) in [6.07, 6.45) is 2.62. The number of carbonyl (C=O) groups excluding carboxylic acids is 1. The highest BCUT2D eigenvalue weighted by atomic mass is 35.5. The first-order valence-electron chi connectivity index (χ1n) is 6.45. The fourth-order valence-electron chi connectivity index (χ4n) is 1.98. The molecule has 0 bridgehead atoms. The molecule has 0 unspecified atom stereocenters. The van der Waals surface area contributed by atoms with Crippen molar-refractivity contribution in [3.8, 4) is 0 Å². The summed E-state index contributed by atoms with van der Waals surface area (Å²) in [4.78, 5) is 20.4. The van der Waals surface area contributed by atoms with Crippen LogP contribution in [-0.4, -0.2) is 15.9 Å². The predicted molar refractivity (Wildman–Crippen MR) is 78.8 cm³/mol. The maximum atomic E-state index is 12.1. The number of rotatable bonds is 4. The number of amides is 1. The normalized spacial score (nSPS) is 10.3. The molecule has 2 aromatic heterocycles. The van der Waals surface area contributed by atoms with Crippen LogP contribution in [0, 0.1) is 6.92 Å². The summed E-state index contributed by atoms with van der Waals surface area (Å²) in [5.74, 6) is -0.176. The fourth-order valence-corrected chi connectivity index (χ4v) is 2.23. The Hall–Kier alpha value is -1.94. The second-order valence-electron chi connectivity index (χ2n) is 4.47. The largest absolute Gasteiger partial charge is 0.346 e. The summed E-state index contributed by atoms with van der Waals surface area (Å²) in [5.41, 5.74) is 3.25. The van der Waals surface area contributed by atoms with Crippen molar-refractivity contribution in [1.29, 1.82) is 0 Å². The van der Waals surface area contributed by atoms with Crippen LogP contribution >= 0.6 is 11.6 Å². The first kappa shape index (κ1) is 14.5. The van der Waals surface area contributed by atoms with E-state index in [-0.39, 0.29) is 5.91 Å². The quantitative estimate of drug-likeness (QED) is 0.881. The van der Waals surface area contributed by atoms with Crippen LogP contribution in [0.25, 0.3) is 0 Å². The minimum atomic E-state index is -0.176. The van der Waals surface area contributed by atoms with E-state index in [4.69, 9.17) is 11.6 Å². The Balaban J connectivity index is 2.08. The van der Waals surface area contributed by atoms with Crippen LogP contribution in [0.3, 0.4) is 0 Å². The molecule has 2 aromatic rings. The van der Waals surface area contributed by atoms with Crippen molar-refractivity contribution in [2.45, 2.75) is 26.8 Å². The number of hydrogen-bond donors (Lipinski definition) is 1. The number of carbonyl (C=O) groups is 1. The molecule has 20 heavy (non-hydrogen) atoms. The number of aromatic nitrogens is 2. The molecule has 5 heteroatoms. The van der Waals surface area contributed by atoms with Gasteiger partial charge in [0.25, 0.3) is 5.91 Å². The molecule has 0 radical (unpaired) electrons. The standard InChI is InChI=1S/C15H16ClN3O/c1-3-11-5-4-6-17-13(11)9-18-15(20)12-7-10(2)19-14(16)8-12/h4-8H,3,9H2,1-2H3,(H,18,20). The first-order valence-corrected chi connectivity index (χ1v) is 6.83. The summed E-state index contributed by atoms with van der Waals surface area (Å²) in [5, 5.41) is 3.18. The zero-order chi connectivity index (χ0) is 14.5. The number of nitrogens with one attached hydrogen (secondary N) is 1. The highest BCUT2D eigenvalue weighted by Gasteiger charge is 2.09. The average molecular weight is 290 g/mol. The molecule has 0 aliphatic heterocycles. The van der Waals surface area contributed by atoms with Crippen LogP contribution in [0.15, 0.2) is 30.5 Å². The molecule has 0 saturated heterocycles. The van der Waals surface area contributed by atoms with Gasteiger partial charge in [0, 0.05) is 17.5 Å². The van der Waals surface area contributed by atoms with Gasteiger partial charge in [0.1, 0.15) is 5.15 Å². The van der Waals surface area contributed by atoms with Crippen LogP contribution in [0.5, 0.6) is 0 Å². The minimum Gasteiger partial charge on any atom is -0.346 e. The molecule has 0 atom stereocenters. The van der Waals surface area contributed by atoms with Gasteiger partial charge in [0.15, 0.2) is 0 Å².